The number of pyridine rings is 1. The predicted molar refractivity (Wildman–Crippen MR) is 71.1 cm³/mol. The van der Waals surface area contributed by atoms with Crippen molar-refractivity contribution < 1.29 is 4.74 Å². The van der Waals surface area contributed by atoms with Gasteiger partial charge in [-0.3, -0.25) is 4.98 Å². The summed E-state index contributed by atoms with van der Waals surface area (Å²) in [5, 5.41) is 3.57. The molecule has 0 bridgehead atoms. The van der Waals surface area contributed by atoms with Crippen molar-refractivity contribution in [1.29, 1.82) is 0 Å². The Bertz CT molecular complexity index is 315. The zero-order valence-corrected chi connectivity index (χ0v) is 11.2. The molecule has 17 heavy (non-hydrogen) atoms. The molecule has 0 aliphatic carbocycles. The van der Waals surface area contributed by atoms with Gasteiger partial charge in [0, 0.05) is 26.0 Å². The fourth-order valence-corrected chi connectivity index (χ4v) is 1.95. The van der Waals surface area contributed by atoms with Gasteiger partial charge in [0.05, 0.1) is 5.69 Å². The summed E-state index contributed by atoms with van der Waals surface area (Å²) in [4.78, 5) is 4.51. The van der Waals surface area contributed by atoms with E-state index in [9.17, 15) is 0 Å². The van der Waals surface area contributed by atoms with E-state index in [-0.39, 0.29) is 0 Å². The van der Waals surface area contributed by atoms with Crippen LogP contribution in [0.4, 0.5) is 0 Å². The Hall–Kier alpha value is -0.930. The third-order valence-corrected chi connectivity index (χ3v) is 2.86. The first-order valence-electron chi connectivity index (χ1n) is 6.43. The summed E-state index contributed by atoms with van der Waals surface area (Å²) in [5.41, 5.74) is 2.44. The first-order valence-corrected chi connectivity index (χ1v) is 6.43. The molecule has 0 saturated heterocycles. The fraction of sp³-hybridized carbons (Fsp3) is 0.643. The van der Waals surface area contributed by atoms with Crippen molar-refractivity contribution in [1.82, 2.24) is 10.3 Å². The maximum Gasteiger partial charge on any atom is 0.0602 e. The SMILES string of the molecule is CCCNC(CCCOC)c1ncccc1C. The van der Waals surface area contributed by atoms with Gasteiger partial charge in [0.2, 0.25) is 0 Å². The highest BCUT2D eigenvalue weighted by molar-refractivity contribution is 5.21. The van der Waals surface area contributed by atoms with Crippen molar-refractivity contribution in [2.24, 2.45) is 0 Å². The second-order valence-corrected chi connectivity index (χ2v) is 4.35. The maximum atomic E-state index is 5.11. The molecule has 1 aromatic rings. The van der Waals surface area contributed by atoms with Crippen LogP contribution in [0.5, 0.6) is 0 Å². The van der Waals surface area contributed by atoms with Gasteiger partial charge in [0.15, 0.2) is 0 Å². The molecule has 0 aromatic carbocycles. The van der Waals surface area contributed by atoms with Crippen LogP contribution in [0, 0.1) is 6.92 Å². The zero-order valence-electron chi connectivity index (χ0n) is 11.2. The van der Waals surface area contributed by atoms with Crippen LogP contribution in [0.1, 0.15) is 43.5 Å². The molecule has 3 nitrogen and oxygen atoms in total. The topological polar surface area (TPSA) is 34.1 Å². The molecule has 0 aliphatic rings. The average molecular weight is 236 g/mol. The highest BCUT2D eigenvalue weighted by Crippen LogP contribution is 2.19. The number of nitrogens with zero attached hydrogens (tertiary/aromatic N) is 1. The molecular weight excluding hydrogens is 212 g/mol. The minimum atomic E-state index is 0.353. The molecule has 1 rings (SSSR count). The molecule has 0 spiro atoms. The van der Waals surface area contributed by atoms with Gasteiger partial charge in [-0.1, -0.05) is 13.0 Å². The van der Waals surface area contributed by atoms with Crippen molar-refractivity contribution >= 4 is 0 Å². The molecule has 1 atom stereocenters. The lowest BCUT2D eigenvalue weighted by molar-refractivity contribution is 0.188. The van der Waals surface area contributed by atoms with Crippen LogP contribution in [0.2, 0.25) is 0 Å². The van der Waals surface area contributed by atoms with Crippen LogP contribution in [0.15, 0.2) is 18.3 Å². The quantitative estimate of drug-likeness (QED) is 0.705. The monoisotopic (exact) mass is 236 g/mol. The van der Waals surface area contributed by atoms with Gasteiger partial charge in [0.25, 0.3) is 0 Å². The molecule has 3 heteroatoms. The first kappa shape index (κ1) is 14.1. The molecule has 0 fully saturated rings. The number of rotatable bonds is 8. The van der Waals surface area contributed by atoms with Crippen LogP contribution in [0.3, 0.4) is 0 Å². The van der Waals surface area contributed by atoms with Gasteiger partial charge in [0.1, 0.15) is 0 Å². The Morgan fingerprint density at radius 1 is 1.47 bits per heavy atom. The van der Waals surface area contributed by atoms with E-state index >= 15 is 0 Å². The molecule has 1 aromatic heterocycles. The third-order valence-electron chi connectivity index (χ3n) is 2.86. The number of ether oxygens (including phenoxy) is 1. The third kappa shape index (κ3) is 4.84. The molecule has 0 aliphatic heterocycles. The molecule has 1 unspecified atom stereocenters. The number of methoxy groups -OCH3 is 1. The van der Waals surface area contributed by atoms with Crippen molar-refractivity contribution in [3.63, 3.8) is 0 Å². The smallest absolute Gasteiger partial charge is 0.0602 e. The second kappa shape index (κ2) is 8.20. The van der Waals surface area contributed by atoms with Crippen LogP contribution in [-0.2, 0) is 4.74 Å². The largest absolute Gasteiger partial charge is 0.385 e. The Morgan fingerprint density at radius 3 is 2.94 bits per heavy atom. The molecule has 96 valence electrons. The average Bonchev–Trinajstić information content (AvgIpc) is 2.35. The summed E-state index contributed by atoms with van der Waals surface area (Å²) < 4.78 is 5.11. The summed E-state index contributed by atoms with van der Waals surface area (Å²) in [6, 6.07) is 4.47. The fourth-order valence-electron chi connectivity index (χ4n) is 1.95. The van der Waals surface area contributed by atoms with Gasteiger partial charge < -0.3 is 10.1 Å². The lowest BCUT2D eigenvalue weighted by Gasteiger charge is -2.19. The summed E-state index contributed by atoms with van der Waals surface area (Å²) in [6.07, 6.45) is 5.16. The number of aryl methyl sites for hydroxylation is 1. The molecule has 1 N–H and O–H groups in total. The first-order chi connectivity index (χ1) is 8.29. The van der Waals surface area contributed by atoms with E-state index < -0.39 is 0 Å². The Kier molecular flexibility index (Phi) is 6.82. The summed E-state index contributed by atoms with van der Waals surface area (Å²) >= 11 is 0. The second-order valence-electron chi connectivity index (χ2n) is 4.35. The number of aromatic nitrogens is 1. The van der Waals surface area contributed by atoms with Crippen molar-refractivity contribution in [2.45, 2.75) is 39.2 Å². The molecule has 0 radical (unpaired) electrons. The van der Waals surface area contributed by atoms with Crippen molar-refractivity contribution in [3.05, 3.63) is 29.6 Å². The van der Waals surface area contributed by atoms with Gasteiger partial charge in [-0.25, -0.2) is 0 Å². The Labute approximate surface area is 105 Å². The minimum Gasteiger partial charge on any atom is -0.385 e. The summed E-state index contributed by atoms with van der Waals surface area (Å²) in [6.45, 7) is 6.16. The lowest BCUT2D eigenvalue weighted by atomic mass is 10.0. The Balaban J connectivity index is 2.64. The highest BCUT2D eigenvalue weighted by Gasteiger charge is 2.13. The Morgan fingerprint density at radius 2 is 2.29 bits per heavy atom. The van der Waals surface area contributed by atoms with Gasteiger partial charge in [-0.15, -0.1) is 0 Å². The number of hydrogen-bond acceptors (Lipinski definition) is 3. The lowest BCUT2D eigenvalue weighted by Crippen LogP contribution is -2.24. The normalized spacial score (nSPS) is 12.6. The minimum absolute atomic E-state index is 0.353. The molecule has 0 saturated carbocycles. The van der Waals surface area contributed by atoms with Gasteiger partial charge in [-0.05, 0) is 44.4 Å². The van der Waals surface area contributed by atoms with Crippen molar-refractivity contribution in [2.75, 3.05) is 20.3 Å². The summed E-state index contributed by atoms with van der Waals surface area (Å²) in [5.74, 6) is 0. The van der Waals surface area contributed by atoms with E-state index in [0.717, 1.165) is 32.4 Å². The predicted octanol–water partition coefficient (Wildman–Crippen LogP) is 2.86. The van der Waals surface area contributed by atoms with Gasteiger partial charge >= 0.3 is 0 Å². The van der Waals surface area contributed by atoms with E-state index in [2.05, 4.69) is 30.2 Å². The van der Waals surface area contributed by atoms with E-state index in [4.69, 9.17) is 4.74 Å². The van der Waals surface area contributed by atoms with Crippen LogP contribution in [-0.4, -0.2) is 25.2 Å². The van der Waals surface area contributed by atoms with Crippen molar-refractivity contribution in [3.8, 4) is 0 Å². The van der Waals surface area contributed by atoms with E-state index in [0.29, 0.717) is 6.04 Å². The van der Waals surface area contributed by atoms with E-state index in [1.54, 1.807) is 7.11 Å². The maximum absolute atomic E-state index is 5.11. The summed E-state index contributed by atoms with van der Waals surface area (Å²) in [7, 11) is 1.75. The van der Waals surface area contributed by atoms with E-state index in [1.807, 2.05) is 12.3 Å². The molecule has 1 heterocycles. The standard InChI is InChI=1S/C14H24N2O/c1-4-9-15-13(8-6-11-17-3)14-12(2)7-5-10-16-14/h5,7,10,13,15H,4,6,8-9,11H2,1-3H3. The number of hydrogen-bond donors (Lipinski definition) is 1. The number of nitrogens with one attached hydrogen (secondary N) is 1. The van der Waals surface area contributed by atoms with E-state index in [1.165, 1.54) is 11.3 Å². The van der Waals surface area contributed by atoms with Crippen LogP contribution in [0.25, 0.3) is 0 Å². The zero-order chi connectivity index (χ0) is 12.5. The molecular formula is C14H24N2O. The van der Waals surface area contributed by atoms with Gasteiger partial charge in [-0.2, -0.15) is 0 Å². The highest BCUT2D eigenvalue weighted by atomic mass is 16.5. The molecule has 0 amide bonds. The van der Waals surface area contributed by atoms with Crippen LogP contribution >= 0.6 is 0 Å². The van der Waals surface area contributed by atoms with Crippen LogP contribution < -0.4 is 5.32 Å².